The molecule has 1 amide bonds. The van der Waals surface area contributed by atoms with Crippen LogP contribution in [0, 0.1) is 6.92 Å². The lowest BCUT2D eigenvalue weighted by molar-refractivity contribution is -0.117. The summed E-state index contributed by atoms with van der Waals surface area (Å²) in [4.78, 5) is 14.6. The highest BCUT2D eigenvalue weighted by Gasteiger charge is 2.42. The fourth-order valence-corrected chi connectivity index (χ4v) is 4.73. The van der Waals surface area contributed by atoms with Gasteiger partial charge in [-0.15, -0.1) is 0 Å². The number of fused-ring (bicyclic) bond motifs is 3. The Bertz CT molecular complexity index is 925. The Morgan fingerprint density at radius 3 is 2.60 bits per heavy atom. The van der Waals surface area contributed by atoms with Gasteiger partial charge >= 0.3 is 0 Å². The number of carbonyl (C=O) groups excluding carboxylic acids is 1. The number of hydrogen-bond acceptors (Lipinski definition) is 4. The van der Waals surface area contributed by atoms with Gasteiger partial charge in [-0.3, -0.25) is 4.79 Å². The van der Waals surface area contributed by atoms with Gasteiger partial charge in [0.05, 0.1) is 16.3 Å². The van der Waals surface area contributed by atoms with Crippen LogP contribution in [-0.2, 0) is 14.8 Å². The number of benzene rings is 2. The Kier molecular flexibility index (Phi) is 3.77. The third-order valence-corrected chi connectivity index (χ3v) is 6.26. The number of amides is 1. The van der Waals surface area contributed by atoms with Crippen LogP contribution in [0.5, 0.6) is 0 Å². The zero-order valence-corrected chi connectivity index (χ0v) is 14.6. The van der Waals surface area contributed by atoms with E-state index < -0.39 is 10.0 Å². The molecule has 0 bridgehead atoms. The van der Waals surface area contributed by atoms with Crippen molar-refractivity contribution in [3.8, 4) is 0 Å². The van der Waals surface area contributed by atoms with E-state index in [1.807, 2.05) is 36.1 Å². The van der Waals surface area contributed by atoms with E-state index in [1.54, 1.807) is 24.3 Å². The molecule has 0 aromatic heterocycles. The Hall–Kier alpha value is -2.38. The SMILES string of the molecule is Cc1ccc(S(=O)(=O)NC2CC3C(=O)Nc4ccccc4N3C2)cc1. The summed E-state index contributed by atoms with van der Waals surface area (Å²) in [5, 5.41) is 2.89. The summed E-state index contributed by atoms with van der Waals surface area (Å²) >= 11 is 0. The average Bonchev–Trinajstić information content (AvgIpc) is 2.99. The normalized spacial score (nSPS) is 22.3. The fraction of sp³-hybridized carbons (Fsp3) is 0.278. The summed E-state index contributed by atoms with van der Waals surface area (Å²) in [5.74, 6) is -0.0873. The number of para-hydroxylation sites is 2. The Balaban J connectivity index is 1.57. The average molecular weight is 357 g/mol. The van der Waals surface area contributed by atoms with Gasteiger partial charge < -0.3 is 10.2 Å². The van der Waals surface area contributed by atoms with E-state index in [4.69, 9.17) is 0 Å². The van der Waals surface area contributed by atoms with Gasteiger partial charge in [-0.25, -0.2) is 13.1 Å². The molecule has 0 radical (unpaired) electrons. The first kappa shape index (κ1) is 16.1. The van der Waals surface area contributed by atoms with Gasteiger partial charge in [0.1, 0.15) is 6.04 Å². The lowest BCUT2D eigenvalue weighted by atomic mass is 10.1. The first-order chi connectivity index (χ1) is 11.9. The molecule has 0 saturated carbocycles. The van der Waals surface area contributed by atoms with Crippen LogP contribution in [0.25, 0.3) is 0 Å². The van der Waals surface area contributed by atoms with Crippen molar-refractivity contribution in [2.24, 2.45) is 0 Å². The first-order valence-corrected chi connectivity index (χ1v) is 9.68. The largest absolute Gasteiger partial charge is 0.356 e. The van der Waals surface area contributed by atoms with Crippen LogP contribution >= 0.6 is 0 Å². The Labute approximate surface area is 146 Å². The van der Waals surface area contributed by atoms with E-state index in [1.165, 1.54) is 0 Å². The van der Waals surface area contributed by atoms with Crippen LogP contribution in [0.2, 0.25) is 0 Å². The Morgan fingerprint density at radius 1 is 1.12 bits per heavy atom. The van der Waals surface area contributed by atoms with Gasteiger partial charge in [-0.05, 0) is 37.6 Å². The number of rotatable bonds is 3. The quantitative estimate of drug-likeness (QED) is 0.879. The summed E-state index contributed by atoms with van der Waals surface area (Å²) in [5.41, 5.74) is 2.71. The van der Waals surface area contributed by atoms with E-state index in [0.717, 1.165) is 16.9 Å². The molecule has 2 aromatic carbocycles. The van der Waals surface area contributed by atoms with E-state index in [2.05, 4.69) is 10.0 Å². The van der Waals surface area contributed by atoms with Crippen LogP contribution < -0.4 is 14.9 Å². The molecule has 7 heteroatoms. The summed E-state index contributed by atoms with van der Waals surface area (Å²) in [7, 11) is -3.61. The van der Waals surface area contributed by atoms with Gasteiger partial charge in [-0.1, -0.05) is 29.8 Å². The van der Waals surface area contributed by atoms with Crippen molar-refractivity contribution in [3.63, 3.8) is 0 Å². The molecule has 2 unspecified atom stereocenters. The summed E-state index contributed by atoms with van der Waals surface area (Å²) in [6.45, 7) is 2.38. The fourth-order valence-electron chi connectivity index (χ4n) is 3.49. The highest BCUT2D eigenvalue weighted by Crippen LogP contribution is 2.36. The number of anilines is 2. The van der Waals surface area contributed by atoms with Crippen molar-refractivity contribution in [2.75, 3.05) is 16.8 Å². The maximum Gasteiger partial charge on any atom is 0.247 e. The molecule has 1 fully saturated rings. The van der Waals surface area contributed by atoms with Crippen LogP contribution in [0.15, 0.2) is 53.4 Å². The minimum absolute atomic E-state index is 0.0873. The van der Waals surface area contributed by atoms with Crippen molar-refractivity contribution in [1.82, 2.24) is 4.72 Å². The molecule has 2 heterocycles. The van der Waals surface area contributed by atoms with Gasteiger partial charge in [0, 0.05) is 12.6 Å². The molecule has 6 nitrogen and oxygen atoms in total. The van der Waals surface area contributed by atoms with Crippen molar-refractivity contribution in [1.29, 1.82) is 0 Å². The molecule has 25 heavy (non-hydrogen) atoms. The second kappa shape index (κ2) is 5.86. The molecule has 2 atom stereocenters. The molecular weight excluding hydrogens is 338 g/mol. The first-order valence-electron chi connectivity index (χ1n) is 8.19. The second-order valence-corrected chi connectivity index (χ2v) is 8.26. The zero-order valence-electron chi connectivity index (χ0n) is 13.8. The third-order valence-electron chi connectivity index (χ3n) is 4.73. The molecule has 2 aliphatic heterocycles. The van der Waals surface area contributed by atoms with Crippen LogP contribution in [-0.4, -0.2) is 33.0 Å². The smallest absolute Gasteiger partial charge is 0.247 e. The van der Waals surface area contributed by atoms with Crippen LogP contribution in [0.4, 0.5) is 11.4 Å². The highest BCUT2D eigenvalue weighted by atomic mass is 32.2. The number of nitrogens with zero attached hydrogens (tertiary/aromatic N) is 1. The van der Waals surface area contributed by atoms with Gasteiger partial charge in [-0.2, -0.15) is 0 Å². The summed E-state index contributed by atoms with van der Waals surface area (Å²) in [6.07, 6.45) is 0.450. The van der Waals surface area contributed by atoms with Crippen LogP contribution in [0.1, 0.15) is 12.0 Å². The lowest BCUT2D eigenvalue weighted by Gasteiger charge is -2.32. The van der Waals surface area contributed by atoms with Crippen molar-refractivity contribution < 1.29 is 13.2 Å². The monoisotopic (exact) mass is 357 g/mol. The number of aryl methyl sites for hydroxylation is 1. The van der Waals surface area contributed by atoms with Gasteiger partial charge in [0.15, 0.2) is 0 Å². The minimum Gasteiger partial charge on any atom is -0.356 e. The number of carbonyl (C=O) groups is 1. The summed E-state index contributed by atoms with van der Waals surface area (Å²) in [6, 6.07) is 13.7. The van der Waals surface area contributed by atoms with Crippen molar-refractivity contribution in [2.45, 2.75) is 30.3 Å². The molecule has 0 aliphatic carbocycles. The third kappa shape index (κ3) is 2.89. The molecule has 2 aromatic rings. The van der Waals surface area contributed by atoms with Gasteiger partial charge in [0.25, 0.3) is 0 Å². The van der Waals surface area contributed by atoms with Crippen LogP contribution in [0.3, 0.4) is 0 Å². The minimum atomic E-state index is -3.61. The summed E-state index contributed by atoms with van der Waals surface area (Å²) < 4.78 is 28.0. The number of hydrogen-bond donors (Lipinski definition) is 2. The topological polar surface area (TPSA) is 78.5 Å². The molecular formula is C18H19N3O3S. The molecule has 0 spiro atoms. The predicted octanol–water partition coefficient (Wildman–Crippen LogP) is 1.87. The van der Waals surface area contributed by atoms with E-state index in [9.17, 15) is 13.2 Å². The number of nitrogens with one attached hydrogen (secondary N) is 2. The van der Waals surface area contributed by atoms with E-state index in [0.29, 0.717) is 13.0 Å². The number of sulfonamides is 1. The molecule has 130 valence electrons. The molecule has 1 saturated heterocycles. The van der Waals surface area contributed by atoms with E-state index in [-0.39, 0.29) is 22.9 Å². The molecule has 2 aliphatic rings. The Morgan fingerprint density at radius 2 is 1.84 bits per heavy atom. The highest BCUT2D eigenvalue weighted by molar-refractivity contribution is 7.89. The predicted molar refractivity (Wildman–Crippen MR) is 96.1 cm³/mol. The van der Waals surface area contributed by atoms with E-state index >= 15 is 0 Å². The molecule has 4 rings (SSSR count). The zero-order chi connectivity index (χ0) is 17.6. The van der Waals surface area contributed by atoms with Crippen molar-refractivity contribution in [3.05, 3.63) is 54.1 Å². The maximum absolute atomic E-state index is 12.6. The maximum atomic E-state index is 12.6. The lowest BCUT2D eigenvalue weighted by Crippen LogP contribution is -2.44. The second-order valence-electron chi connectivity index (χ2n) is 6.54. The van der Waals surface area contributed by atoms with Gasteiger partial charge in [0.2, 0.25) is 15.9 Å². The van der Waals surface area contributed by atoms with Crippen molar-refractivity contribution >= 4 is 27.3 Å². The standard InChI is InChI=1S/C18H19N3O3S/c1-12-6-8-14(9-7-12)25(23,24)20-13-10-17-18(22)19-15-4-2-3-5-16(15)21(17)11-13/h2-9,13,17,20H,10-11H2,1H3,(H,19,22). The molecule has 2 N–H and O–H groups in total.